The highest BCUT2D eigenvalue weighted by molar-refractivity contribution is 9.08. The first kappa shape index (κ1) is 11.5. The van der Waals surface area contributed by atoms with Gasteiger partial charge >= 0.3 is 5.97 Å². The molecule has 0 unspecified atom stereocenters. The fourth-order valence-electron chi connectivity index (χ4n) is 1.06. The van der Waals surface area contributed by atoms with Gasteiger partial charge in [-0.2, -0.15) is 0 Å². The van der Waals surface area contributed by atoms with Gasteiger partial charge in [0.2, 0.25) is 0 Å². The Hall–Kier alpha value is -0.540. The van der Waals surface area contributed by atoms with E-state index in [-0.39, 0.29) is 5.97 Å². The molecule has 0 N–H and O–H groups in total. The van der Waals surface area contributed by atoms with E-state index in [0.29, 0.717) is 22.5 Å². The van der Waals surface area contributed by atoms with Crippen LogP contribution in [0.1, 0.15) is 22.8 Å². The molecule has 14 heavy (non-hydrogen) atoms. The van der Waals surface area contributed by atoms with Crippen LogP contribution in [0.25, 0.3) is 0 Å². The third-order valence-electron chi connectivity index (χ3n) is 1.62. The number of alkyl halides is 1. The maximum absolute atomic E-state index is 11.4. The SMILES string of the molecule is CCOC(=O)c1cc(Cl)cc(CBr)c1. The molecular formula is C10H10BrClO2. The van der Waals surface area contributed by atoms with Crippen molar-refractivity contribution in [2.75, 3.05) is 6.61 Å². The molecule has 0 saturated carbocycles. The lowest BCUT2D eigenvalue weighted by Crippen LogP contribution is -2.04. The third-order valence-corrected chi connectivity index (χ3v) is 2.49. The molecule has 0 aromatic heterocycles. The second-order valence-corrected chi connectivity index (χ2v) is 3.70. The molecule has 0 spiro atoms. The molecule has 76 valence electrons. The Labute approximate surface area is 96.3 Å². The van der Waals surface area contributed by atoms with Gasteiger partial charge < -0.3 is 4.74 Å². The summed E-state index contributed by atoms with van der Waals surface area (Å²) < 4.78 is 4.87. The van der Waals surface area contributed by atoms with Crippen molar-refractivity contribution in [3.8, 4) is 0 Å². The van der Waals surface area contributed by atoms with Gasteiger partial charge in [0.05, 0.1) is 12.2 Å². The quantitative estimate of drug-likeness (QED) is 0.625. The minimum atomic E-state index is -0.336. The molecule has 0 amide bonds. The van der Waals surface area contributed by atoms with E-state index in [4.69, 9.17) is 16.3 Å². The third kappa shape index (κ3) is 3.00. The molecule has 0 radical (unpaired) electrons. The van der Waals surface area contributed by atoms with Crippen molar-refractivity contribution < 1.29 is 9.53 Å². The second-order valence-electron chi connectivity index (χ2n) is 2.70. The summed E-state index contributed by atoms with van der Waals surface area (Å²) in [6.45, 7) is 2.14. The monoisotopic (exact) mass is 276 g/mol. The molecular weight excluding hydrogens is 267 g/mol. The number of carbonyl (C=O) groups excluding carboxylic acids is 1. The predicted octanol–water partition coefficient (Wildman–Crippen LogP) is 3.41. The topological polar surface area (TPSA) is 26.3 Å². The first-order chi connectivity index (χ1) is 6.67. The number of halogens is 2. The predicted molar refractivity (Wildman–Crippen MR) is 60.0 cm³/mol. The summed E-state index contributed by atoms with van der Waals surface area (Å²) in [5.74, 6) is -0.336. The van der Waals surface area contributed by atoms with Crippen LogP contribution in [0.3, 0.4) is 0 Å². The number of esters is 1. The molecule has 0 fully saturated rings. The van der Waals surface area contributed by atoms with Crippen LogP contribution in [0.4, 0.5) is 0 Å². The van der Waals surface area contributed by atoms with E-state index < -0.39 is 0 Å². The first-order valence-corrected chi connectivity index (χ1v) is 5.70. The summed E-state index contributed by atoms with van der Waals surface area (Å²) in [5, 5.41) is 1.21. The van der Waals surface area contributed by atoms with Crippen molar-refractivity contribution in [1.29, 1.82) is 0 Å². The van der Waals surface area contributed by atoms with Gasteiger partial charge in [-0.1, -0.05) is 27.5 Å². The van der Waals surface area contributed by atoms with E-state index in [1.54, 1.807) is 25.1 Å². The lowest BCUT2D eigenvalue weighted by molar-refractivity contribution is 0.0526. The van der Waals surface area contributed by atoms with Crippen LogP contribution in [0, 0.1) is 0 Å². The largest absolute Gasteiger partial charge is 0.462 e. The number of hydrogen-bond acceptors (Lipinski definition) is 2. The number of ether oxygens (including phenoxy) is 1. The molecule has 0 aliphatic rings. The van der Waals surface area contributed by atoms with E-state index in [2.05, 4.69) is 15.9 Å². The maximum Gasteiger partial charge on any atom is 0.338 e. The van der Waals surface area contributed by atoms with E-state index >= 15 is 0 Å². The lowest BCUT2D eigenvalue weighted by Gasteiger charge is -2.04. The molecule has 0 saturated heterocycles. The number of rotatable bonds is 3. The van der Waals surface area contributed by atoms with Gasteiger partial charge in [0.25, 0.3) is 0 Å². The average Bonchev–Trinajstić information content (AvgIpc) is 2.17. The van der Waals surface area contributed by atoms with Gasteiger partial charge in [-0.25, -0.2) is 4.79 Å². The van der Waals surface area contributed by atoms with Gasteiger partial charge in [0.1, 0.15) is 0 Å². The van der Waals surface area contributed by atoms with Crippen LogP contribution < -0.4 is 0 Å². The molecule has 1 rings (SSSR count). The lowest BCUT2D eigenvalue weighted by atomic mass is 10.1. The van der Waals surface area contributed by atoms with Crippen molar-refractivity contribution in [3.63, 3.8) is 0 Å². The fourth-order valence-corrected chi connectivity index (χ4v) is 1.64. The molecule has 2 nitrogen and oxygen atoms in total. The van der Waals surface area contributed by atoms with Crippen LogP contribution in [0.15, 0.2) is 18.2 Å². The van der Waals surface area contributed by atoms with Crippen molar-refractivity contribution in [1.82, 2.24) is 0 Å². The highest BCUT2D eigenvalue weighted by atomic mass is 79.9. The summed E-state index contributed by atoms with van der Waals surface area (Å²) in [4.78, 5) is 11.4. The van der Waals surface area contributed by atoms with Crippen molar-refractivity contribution >= 4 is 33.5 Å². The minimum Gasteiger partial charge on any atom is -0.462 e. The highest BCUT2D eigenvalue weighted by Crippen LogP contribution is 2.17. The van der Waals surface area contributed by atoms with E-state index in [9.17, 15) is 4.79 Å². The summed E-state index contributed by atoms with van der Waals surface area (Å²) in [7, 11) is 0. The Balaban J connectivity index is 2.96. The first-order valence-electron chi connectivity index (χ1n) is 4.20. The Morgan fingerprint density at radius 3 is 2.79 bits per heavy atom. The maximum atomic E-state index is 11.4. The smallest absolute Gasteiger partial charge is 0.338 e. The van der Waals surface area contributed by atoms with Gasteiger partial charge in [-0.3, -0.25) is 0 Å². The van der Waals surface area contributed by atoms with E-state index in [1.165, 1.54) is 0 Å². The molecule has 1 aromatic carbocycles. The van der Waals surface area contributed by atoms with E-state index in [1.807, 2.05) is 0 Å². The van der Waals surface area contributed by atoms with Crippen LogP contribution in [0.5, 0.6) is 0 Å². The molecule has 4 heteroatoms. The zero-order chi connectivity index (χ0) is 10.6. The van der Waals surface area contributed by atoms with Crippen LogP contribution in [-0.2, 0) is 10.1 Å². The van der Waals surface area contributed by atoms with Crippen LogP contribution in [0.2, 0.25) is 5.02 Å². The Morgan fingerprint density at radius 2 is 2.21 bits per heavy atom. The van der Waals surface area contributed by atoms with Gasteiger partial charge in [0.15, 0.2) is 0 Å². The van der Waals surface area contributed by atoms with E-state index in [0.717, 1.165) is 5.56 Å². The summed E-state index contributed by atoms with van der Waals surface area (Å²) in [6.07, 6.45) is 0. The van der Waals surface area contributed by atoms with Crippen LogP contribution >= 0.6 is 27.5 Å². The average molecular weight is 278 g/mol. The minimum absolute atomic E-state index is 0.336. The fraction of sp³-hybridized carbons (Fsp3) is 0.300. The highest BCUT2D eigenvalue weighted by Gasteiger charge is 2.08. The number of carbonyl (C=O) groups is 1. The standard InChI is InChI=1S/C10H10BrClO2/c1-2-14-10(13)8-3-7(6-11)4-9(12)5-8/h3-5H,2,6H2,1H3. The van der Waals surface area contributed by atoms with Crippen LogP contribution in [-0.4, -0.2) is 12.6 Å². The Kier molecular flexibility index (Phi) is 4.42. The summed E-state index contributed by atoms with van der Waals surface area (Å²) >= 11 is 9.15. The molecule has 1 aromatic rings. The van der Waals surface area contributed by atoms with Crippen molar-refractivity contribution in [2.45, 2.75) is 12.3 Å². The second kappa shape index (κ2) is 5.37. The molecule has 0 atom stereocenters. The number of benzene rings is 1. The van der Waals surface area contributed by atoms with Gasteiger partial charge in [-0.15, -0.1) is 0 Å². The van der Waals surface area contributed by atoms with Crippen molar-refractivity contribution in [2.24, 2.45) is 0 Å². The summed E-state index contributed by atoms with van der Waals surface area (Å²) in [6, 6.07) is 5.17. The van der Waals surface area contributed by atoms with Gasteiger partial charge in [-0.05, 0) is 30.7 Å². The zero-order valence-corrected chi connectivity index (χ0v) is 10.1. The molecule has 0 bridgehead atoms. The Morgan fingerprint density at radius 1 is 1.50 bits per heavy atom. The summed E-state index contributed by atoms with van der Waals surface area (Å²) in [5.41, 5.74) is 1.45. The normalized spacial score (nSPS) is 9.93. The number of hydrogen-bond donors (Lipinski definition) is 0. The molecule has 0 aliphatic heterocycles. The van der Waals surface area contributed by atoms with Crippen molar-refractivity contribution in [3.05, 3.63) is 34.3 Å². The zero-order valence-electron chi connectivity index (χ0n) is 7.72. The molecule has 0 heterocycles. The van der Waals surface area contributed by atoms with Gasteiger partial charge in [0, 0.05) is 10.4 Å². The molecule has 0 aliphatic carbocycles. The Bertz CT molecular complexity index is 339.